The van der Waals surface area contributed by atoms with E-state index in [9.17, 15) is 4.79 Å². The predicted molar refractivity (Wildman–Crippen MR) is 60.9 cm³/mol. The Morgan fingerprint density at radius 3 is 2.38 bits per heavy atom. The average molecular weight is 223 g/mol. The molecule has 0 bridgehead atoms. The summed E-state index contributed by atoms with van der Waals surface area (Å²) in [5, 5.41) is 20.6. The summed E-state index contributed by atoms with van der Waals surface area (Å²) in [6.07, 6.45) is 0.120. The van der Waals surface area contributed by atoms with Gasteiger partial charge in [-0.05, 0) is 18.1 Å². The second-order valence-corrected chi connectivity index (χ2v) is 3.85. The van der Waals surface area contributed by atoms with E-state index >= 15 is 0 Å². The van der Waals surface area contributed by atoms with Crippen LogP contribution >= 0.6 is 0 Å². The van der Waals surface area contributed by atoms with Crippen molar-refractivity contribution in [1.82, 2.24) is 5.32 Å². The molecule has 1 unspecified atom stereocenters. The molecule has 0 amide bonds. The van der Waals surface area contributed by atoms with Crippen molar-refractivity contribution >= 4 is 5.97 Å². The van der Waals surface area contributed by atoms with Crippen molar-refractivity contribution in [3.05, 3.63) is 35.4 Å². The van der Waals surface area contributed by atoms with Crippen LogP contribution in [0.25, 0.3) is 0 Å². The van der Waals surface area contributed by atoms with Crippen molar-refractivity contribution in [3.63, 3.8) is 0 Å². The van der Waals surface area contributed by atoms with Gasteiger partial charge in [-0.2, -0.15) is 0 Å². The van der Waals surface area contributed by atoms with Crippen molar-refractivity contribution in [2.24, 2.45) is 0 Å². The van der Waals surface area contributed by atoms with Crippen LogP contribution in [0.4, 0.5) is 0 Å². The maximum atomic E-state index is 10.4. The summed E-state index contributed by atoms with van der Waals surface area (Å²) in [7, 11) is 0. The molecule has 88 valence electrons. The number of aliphatic carboxylic acids is 1. The molecule has 0 heterocycles. The molecule has 0 saturated carbocycles. The van der Waals surface area contributed by atoms with Crippen LogP contribution in [0.15, 0.2) is 24.3 Å². The lowest BCUT2D eigenvalue weighted by Gasteiger charge is -2.11. The zero-order valence-electron chi connectivity index (χ0n) is 9.31. The van der Waals surface area contributed by atoms with Gasteiger partial charge in [0.05, 0.1) is 13.0 Å². The van der Waals surface area contributed by atoms with Crippen LogP contribution < -0.4 is 5.32 Å². The number of benzene rings is 1. The molecular formula is C12H17NO3. The van der Waals surface area contributed by atoms with Crippen molar-refractivity contribution < 1.29 is 15.0 Å². The van der Waals surface area contributed by atoms with Gasteiger partial charge >= 0.3 is 5.97 Å². The first-order valence-electron chi connectivity index (χ1n) is 5.25. The molecule has 0 radical (unpaired) electrons. The van der Waals surface area contributed by atoms with Crippen molar-refractivity contribution in [2.75, 3.05) is 0 Å². The van der Waals surface area contributed by atoms with E-state index in [1.165, 1.54) is 0 Å². The number of hydrogen-bond acceptors (Lipinski definition) is 3. The lowest BCUT2D eigenvalue weighted by Crippen LogP contribution is -2.27. The second kappa shape index (κ2) is 6.25. The number of carbonyl (C=O) groups is 1. The minimum Gasteiger partial charge on any atom is -0.481 e. The molecule has 0 saturated heterocycles. The van der Waals surface area contributed by atoms with Gasteiger partial charge in [-0.1, -0.05) is 24.3 Å². The van der Waals surface area contributed by atoms with Gasteiger partial charge in [-0.25, -0.2) is 0 Å². The van der Waals surface area contributed by atoms with Gasteiger partial charge < -0.3 is 15.5 Å². The Morgan fingerprint density at radius 1 is 1.31 bits per heavy atom. The molecule has 1 rings (SSSR count). The van der Waals surface area contributed by atoms with E-state index in [2.05, 4.69) is 5.32 Å². The molecule has 3 N–H and O–H groups in total. The van der Waals surface area contributed by atoms with E-state index in [0.29, 0.717) is 6.54 Å². The molecule has 0 aliphatic carbocycles. The number of aliphatic hydroxyl groups excluding tert-OH is 1. The van der Waals surface area contributed by atoms with Crippen LogP contribution in [0.1, 0.15) is 24.5 Å². The van der Waals surface area contributed by atoms with E-state index < -0.39 is 5.97 Å². The van der Waals surface area contributed by atoms with Crippen molar-refractivity contribution in [3.8, 4) is 0 Å². The van der Waals surface area contributed by atoms with Gasteiger partial charge in [0.2, 0.25) is 0 Å². The molecule has 4 heteroatoms. The monoisotopic (exact) mass is 223 g/mol. The topological polar surface area (TPSA) is 69.6 Å². The van der Waals surface area contributed by atoms with Crippen LogP contribution in [0.2, 0.25) is 0 Å². The third-order valence-corrected chi connectivity index (χ3v) is 2.34. The maximum absolute atomic E-state index is 10.4. The highest BCUT2D eigenvalue weighted by atomic mass is 16.4. The molecule has 0 spiro atoms. The van der Waals surface area contributed by atoms with Gasteiger partial charge in [-0.15, -0.1) is 0 Å². The van der Waals surface area contributed by atoms with E-state index in [-0.39, 0.29) is 19.1 Å². The van der Waals surface area contributed by atoms with Gasteiger partial charge in [0.25, 0.3) is 0 Å². The first-order chi connectivity index (χ1) is 7.61. The third-order valence-electron chi connectivity index (χ3n) is 2.34. The number of nitrogens with one attached hydrogen (secondary N) is 1. The van der Waals surface area contributed by atoms with Crippen LogP contribution in [-0.2, 0) is 17.9 Å². The number of hydrogen-bond donors (Lipinski definition) is 3. The van der Waals surface area contributed by atoms with Crippen molar-refractivity contribution in [1.29, 1.82) is 0 Å². The van der Waals surface area contributed by atoms with Gasteiger partial charge in [-0.3, -0.25) is 4.79 Å². The van der Waals surface area contributed by atoms with Gasteiger partial charge in [0, 0.05) is 12.6 Å². The summed E-state index contributed by atoms with van der Waals surface area (Å²) in [6.45, 7) is 2.53. The lowest BCUT2D eigenvalue weighted by molar-refractivity contribution is -0.137. The lowest BCUT2D eigenvalue weighted by atomic mass is 10.1. The first kappa shape index (κ1) is 12.7. The van der Waals surface area contributed by atoms with Gasteiger partial charge in [0.15, 0.2) is 0 Å². The van der Waals surface area contributed by atoms with Gasteiger partial charge in [0.1, 0.15) is 0 Å². The zero-order valence-corrected chi connectivity index (χ0v) is 9.31. The molecule has 0 aliphatic heterocycles. The number of rotatable bonds is 6. The van der Waals surface area contributed by atoms with E-state index in [1.54, 1.807) is 0 Å². The normalized spacial score (nSPS) is 12.4. The molecule has 16 heavy (non-hydrogen) atoms. The number of carboxylic acid groups (broad SMARTS) is 1. The Kier molecular flexibility index (Phi) is 4.95. The Labute approximate surface area is 94.9 Å². The molecule has 1 aromatic carbocycles. The fourth-order valence-corrected chi connectivity index (χ4v) is 1.39. The quantitative estimate of drug-likeness (QED) is 0.676. The predicted octanol–water partition coefficient (Wildman–Crippen LogP) is 1.13. The summed E-state index contributed by atoms with van der Waals surface area (Å²) in [4.78, 5) is 10.4. The Bertz CT molecular complexity index is 335. The Balaban J connectivity index is 2.39. The zero-order chi connectivity index (χ0) is 12.0. The molecule has 0 aliphatic rings. The third kappa shape index (κ3) is 4.42. The fourth-order valence-electron chi connectivity index (χ4n) is 1.39. The van der Waals surface area contributed by atoms with E-state index in [1.807, 2.05) is 31.2 Å². The Hall–Kier alpha value is -1.39. The molecular weight excluding hydrogens is 206 g/mol. The summed E-state index contributed by atoms with van der Waals surface area (Å²) < 4.78 is 0. The maximum Gasteiger partial charge on any atom is 0.304 e. The summed E-state index contributed by atoms with van der Waals surface area (Å²) in [5.74, 6) is -0.796. The SMILES string of the molecule is CC(CC(=O)O)NCc1ccc(CO)cc1. The van der Waals surface area contributed by atoms with Crippen LogP contribution in [0.5, 0.6) is 0 Å². The van der Waals surface area contributed by atoms with E-state index in [4.69, 9.17) is 10.2 Å². The highest BCUT2D eigenvalue weighted by molar-refractivity contribution is 5.67. The number of carboxylic acids is 1. The molecule has 0 fully saturated rings. The van der Waals surface area contributed by atoms with Crippen LogP contribution in [0.3, 0.4) is 0 Å². The first-order valence-corrected chi connectivity index (χ1v) is 5.25. The minimum absolute atomic E-state index is 0.0448. The second-order valence-electron chi connectivity index (χ2n) is 3.85. The molecule has 0 aromatic heterocycles. The summed E-state index contributed by atoms with van der Waals surface area (Å²) in [5.41, 5.74) is 1.96. The molecule has 4 nitrogen and oxygen atoms in total. The smallest absolute Gasteiger partial charge is 0.304 e. The highest BCUT2D eigenvalue weighted by Crippen LogP contribution is 2.04. The number of aliphatic hydroxyl groups is 1. The van der Waals surface area contributed by atoms with Crippen LogP contribution in [-0.4, -0.2) is 22.2 Å². The van der Waals surface area contributed by atoms with Crippen LogP contribution in [0, 0.1) is 0 Å². The Morgan fingerprint density at radius 2 is 1.88 bits per heavy atom. The standard InChI is InChI=1S/C12H17NO3/c1-9(6-12(15)16)13-7-10-2-4-11(8-14)5-3-10/h2-5,9,13-14H,6-8H2,1H3,(H,15,16). The fraction of sp³-hybridized carbons (Fsp3) is 0.417. The molecule has 1 aromatic rings. The highest BCUT2D eigenvalue weighted by Gasteiger charge is 2.06. The minimum atomic E-state index is -0.796. The summed E-state index contributed by atoms with van der Waals surface area (Å²) >= 11 is 0. The summed E-state index contributed by atoms with van der Waals surface area (Å²) in [6, 6.07) is 7.52. The van der Waals surface area contributed by atoms with Crippen molar-refractivity contribution in [2.45, 2.75) is 32.5 Å². The van der Waals surface area contributed by atoms with E-state index in [0.717, 1.165) is 11.1 Å². The average Bonchev–Trinajstić information content (AvgIpc) is 2.26. The largest absolute Gasteiger partial charge is 0.481 e. The molecule has 1 atom stereocenters.